The van der Waals surface area contributed by atoms with Crippen LogP contribution in [0.4, 0.5) is 0 Å². The Balaban J connectivity index is 2.04. The lowest BCUT2D eigenvalue weighted by atomic mass is 9.78. The zero-order valence-electron chi connectivity index (χ0n) is 16.9. The normalized spacial score (nSPS) is 18.0. The third kappa shape index (κ3) is 5.50. The van der Waals surface area contributed by atoms with Crippen LogP contribution in [0.15, 0.2) is 60.7 Å². The quantitative estimate of drug-likeness (QED) is 0.384. The molecule has 3 rings (SSSR count). The zero-order valence-corrected chi connectivity index (χ0v) is 20.1. The van der Waals surface area contributed by atoms with E-state index in [2.05, 4.69) is 5.09 Å². The molecular formula is C23H27Cl3NO2P. The van der Waals surface area contributed by atoms with E-state index in [0.717, 1.165) is 25.7 Å². The Morgan fingerprint density at radius 3 is 1.83 bits per heavy atom. The van der Waals surface area contributed by atoms with Crippen LogP contribution in [-0.2, 0) is 9.36 Å². The second-order valence-electron chi connectivity index (χ2n) is 7.98. The number of rotatable bonds is 7. The van der Waals surface area contributed by atoms with Gasteiger partial charge in [0.15, 0.2) is 5.78 Å². The molecule has 0 spiro atoms. The average Bonchev–Trinajstić information content (AvgIpc) is 2.77. The topological polar surface area (TPSA) is 46.2 Å². The summed E-state index contributed by atoms with van der Waals surface area (Å²) in [5.74, 6) is -0.879. The summed E-state index contributed by atoms with van der Waals surface area (Å²) in [5, 5.41) is 4.84. The molecular weight excluding hydrogens is 460 g/mol. The lowest BCUT2D eigenvalue weighted by Gasteiger charge is -2.38. The molecule has 0 amide bonds. The Morgan fingerprint density at radius 1 is 0.933 bits per heavy atom. The first-order chi connectivity index (χ1) is 14.2. The van der Waals surface area contributed by atoms with Crippen LogP contribution < -0.4 is 15.7 Å². The zero-order chi connectivity index (χ0) is 21.8. The van der Waals surface area contributed by atoms with E-state index >= 15 is 0 Å². The highest BCUT2D eigenvalue weighted by Crippen LogP contribution is 2.44. The molecule has 1 fully saturated rings. The molecule has 3 nitrogen and oxygen atoms in total. The molecule has 7 heteroatoms. The fourth-order valence-corrected chi connectivity index (χ4v) is 7.47. The molecule has 0 heterocycles. The Hall–Kier alpha value is -0.830. The first-order valence-corrected chi connectivity index (χ1v) is 13.2. The van der Waals surface area contributed by atoms with Gasteiger partial charge in [0.1, 0.15) is 0 Å². The molecule has 2 aromatic carbocycles. The summed E-state index contributed by atoms with van der Waals surface area (Å²) < 4.78 is 12.5. The lowest BCUT2D eigenvalue weighted by molar-refractivity contribution is -0.122. The molecule has 0 radical (unpaired) electrons. The number of nitrogens with one attached hydrogen (secondary N) is 1. The van der Waals surface area contributed by atoms with Crippen LogP contribution in [0.1, 0.15) is 39.0 Å². The average molecular weight is 487 g/mol. The number of carbonyl (C=O) groups is 1. The smallest absolute Gasteiger partial charge is 0.249 e. The molecule has 1 aliphatic rings. The molecule has 2 atom stereocenters. The van der Waals surface area contributed by atoms with E-state index in [1.165, 1.54) is 6.42 Å². The van der Waals surface area contributed by atoms with Gasteiger partial charge in [0.25, 0.3) is 0 Å². The second kappa shape index (κ2) is 10.2. The molecule has 2 aromatic rings. The molecule has 0 unspecified atom stereocenters. The van der Waals surface area contributed by atoms with Crippen molar-refractivity contribution in [3.8, 4) is 0 Å². The molecule has 0 bridgehead atoms. The number of halogens is 3. The fraction of sp³-hybridized carbons (Fsp3) is 0.435. The molecule has 0 aliphatic heterocycles. The van der Waals surface area contributed by atoms with Crippen LogP contribution in [-0.4, -0.2) is 15.6 Å². The maximum Gasteiger partial charge on any atom is 0.249 e. The number of benzene rings is 2. The predicted molar refractivity (Wildman–Crippen MR) is 128 cm³/mol. The maximum atomic E-state index is 14.5. The van der Waals surface area contributed by atoms with Crippen LogP contribution in [0.3, 0.4) is 0 Å². The first-order valence-electron chi connectivity index (χ1n) is 10.3. The van der Waals surface area contributed by atoms with Crippen molar-refractivity contribution >= 4 is 58.5 Å². The third-order valence-corrected chi connectivity index (χ3v) is 9.23. The molecule has 162 valence electrons. The third-order valence-electron chi connectivity index (χ3n) is 5.96. The number of hydrogen-bond acceptors (Lipinski definition) is 2. The number of Topliss-reactive ketones (excluding diaryl/α,β-unsaturated/α-hetero) is 1. The minimum atomic E-state index is -3.22. The number of hydrogen-bond donors (Lipinski definition) is 1. The van der Waals surface area contributed by atoms with Gasteiger partial charge in [-0.3, -0.25) is 14.4 Å². The Morgan fingerprint density at radius 2 is 1.40 bits per heavy atom. The van der Waals surface area contributed by atoms with E-state index in [0.29, 0.717) is 10.6 Å². The van der Waals surface area contributed by atoms with Crippen LogP contribution in [0.25, 0.3) is 0 Å². The Bertz CT molecular complexity index is 837. The maximum absolute atomic E-state index is 14.5. The molecule has 1 aliphatic carbocycles. The molecule has 0 saturated heterocycles. The highest BCUT2D eigenvalue weighted by molar-refractivity contribution is 7.76. The van der Waals surface area contributed by atoms with Gasteiger partial charge in [-0.2, -0.15) is 0 Å². The van der Waals surface area contributed by atoms with Crippen molar-refractivity contribution in [2.24, 2.45) is 11.8 Å². The monoisotopic (exact) mass is 485 g/mol. The van der Waals surface area contributed by atoms with Gasteiger partial charge in [0, 0.05) is 22.6 Å². The minimum Gasteiger partial charge on any atom is -0.297 e. The predicted octanol–water partition coefficient (Wildman–Crippen LogP) is 6.03. The van der Waals surface area contributed by atoms with E-state index in [1.54, 1.807) is 6.92 Å². The largest absolute Gasteiger partial charge is 0.297 e. The summed E-state index contributed by atoms with van der Waals surface area (Å²) >= 11 is 17.9. The summed E-state index contributed by atoms with van der Waals surface area (Å²) in [6.07, 6.45) is 5.25. The van der Waals surface area contributed by atoms with Crippen LogP contribution in [0, 0.1) is 11.8 Å². The molecule has 30 heavy (non-hydrogen) atoms. The van der Waals surface area contributed by atoms with E-state index in [-0.39, 0.29) is 12.0 Å². The van der Waals surface area contributed by atoms with Crippen molar-refractivity contribution in [2.75, 3.05) is 0 Å². The van der Waals surface area contributed by atoms with Crippen molar-refractivity contribution in [2.45, 2.75) is 48.9 Å². The SMILES string of the molecule is C[C@H](C(=O)C(Cl)(Cl)Cl)[C@H](NP(=O)(c1ccccc1)c1ccccc1)C1CCCCC1. The van der Waals surface area contributed by atoms with Gasteiger partial charge in [0.2, 0.25) is 11.1 Å². The Labute approximate surface area is 193 Å². The molecule has 1 N–H and O–H groups in total. The van der Waals surface area contributed by atoms with Gasteiger partial charge in [-0.25, -0.2) is 0 Å². The van der Waals surface area contributed by atoms with Gasteiger partial charge in [0.05, 0.1) is 0 Å². The summed E-state index contributed by atoms with van der Waals surface area (Å²) in [6, 6.07) is 18.4. The van der Waals surface area contributed by atoms with Crippen molar-refractivity contribution in [1.29, 1.82) is 0 Å². The first kappa shape index (κ1) is 23.8. The standard InChI is InChI=1S/C23H27Cl3NO2P/c1-17(22(28)23(24,25)26)21(18-11-5-2-6-12-18)27-30(29,19-13-7-3-8-14-19)20-15-9-4-10-16-20/h3-4,7-10,13-18,21H,2,5-6,11-12H2,1H3,(H,27,29)/t17-,21-/m0/s1. The van der Waals surface area contributed by atoms with Crippen molar-refractivity contribution in [3.05, 3.63) is 60.7 Å². The van der Waals surface area contributed by atoms with E-state index in [9.17, 15) is 9.36 Å². The summed E-state index contributed by atoms with van der Waals surface area (Å²) in [4.78, 5) is 12.9. The van der Waals surface area contributed by atoms with Gasteiger partial charge < -0.3 is 0 Å². The van der Waals surface area contributed by atoms with Gasteiger partial charge >= 0.3 is 0 Å². The molecule has 1 saturated carbocycles. The highest BCUT2D eigenvalue weighted by atomic mass is 35.6. The van der Waals surface area contributed by atoms with E-state index in [1.807, 2.05) is 60.7 Å². The van der Waals surface area contributed by atoms with Crippen LogP contribution >= 0.6 is 42.1 Å². The van der Waals surface area contributed by atoms with Gasteiger partial charge in [-0.15, -0.1) is 0 Å². The fourth-order valence-electron chi connectivity index (χ4n) is 4.32. The molecule has 0 aromatic heterocycles. The minimum absolute atomic E-state index is 0.186. The number of ketones is 1. The summed E-state index contributed by atoms with van der Waals surface area (Å²) in [7, 11) is -3.22. The van der Waals surface area contributed by atoms with Crippen molar-refractivity contribution in [3.63, 3.8) is 0 Å². The van der Waals surface area contributed by atoms with Crippen LogP contribution in [0.2, 0.25) is 0 Å². The van der Waals surface area contributed by atoms with Crippen molar-refractivity contribution < 1.29 is 9.36 Å². The van der Waals surface area contributed by atoms with Crippen molar-refractivity contribution in [1.82, 2.24) is 5.09 Å². The van der Waals surface area contributed by atoms with E-state index < -0.39 is 22.8 Å². The van der Waals surface area contributed by atoms with E-state index in [4.69, 9.17) is 34.8 Å². The van der Waals surface area contributed by atoms with Crippen LogP contribution in [0.5, 0.6) is 0 Å². The second-order valence-corrected chi connectivity index (χ2v) is 12.8. The summed E-state index contributed by atoms with van der Waals surface area (Å²) in [6.45, 7) is 1.77. The van der Waals surface area contributed by atoms with Gasteiger partial charge in [-0.1, -0.05) is 97.4 Å². The highest BCUT2D eigenvalue weighted by Gasteiger charge is 2.43. The summed E-state index contributed by atoms with van der Waals surface area (Å²) in [5.41, 5.74) is 0. The number of carbonyl (C=O) groups excluding carboxylic acids is 1. The van der Waals surface area contributed by atoms with Gasteiger partial charge in [-0.05, 0) is 43.0 Å². The Kier molecular flexibility index (Phi) is 8.09. The number of alkyl halides is 3. The lowest BCUT2D eigenvalue weighted by Crippen LogP contribution is -2.48.